The Balaban J connectivity index is 7.78. The van der Waals surface area contributed by atoms with E-state index in [0.29, 0.717) is 0 Å². The smallest absolute Gasteiger partial charge is 0.404 e. The van der Waals surface area contributed by atoms with Gasteiger partial charge in [0, 0.05) is 32.2 Å². The van der Waals surface area contributed by atoms with E-state index in [2.05, 4.69) is 26.6 Å². The molecule has 5 amide bonds. The molecule has 0 spiro atoms. The maximum absolute atomic E-state index is 14.2. The Hall–Kier alpha value is -8.10. The molecular formula is C66H111N5O36. The second-order valence-corrected chi connectivity index (χ2v) is 23.5. The van der Waals surface area contributed by atoms with Crippen LogP contribution < -0.4 is 26.6 Å². The summed E-state index contributed by atoms with van der Waals surface area (Å²) in [5, 5.41) is 22.7. The van der Waals surface area contributed by atoms with Crippen LogP contribution >= 0.6 is 0 Å². The molecule has 41 nitrogen and oxygen atoms in total. The van der Waals surface area contributed by atoms with Gasteiger partial charge in [-0.05, 0) is 6.42 Å². The number of hydrogen-bond donors (Lipinski definition) is 6. The lowest BCUT2D eigenvalue weighted by Gasteiger charge is -2.36. The SMILES string of the molecule is COC(=O)CCOCC(COCCC(=O)OC)(COCCC(=O)OC)NC(=O)CCOCC(COCCC(=O)NC(COCCC(=O)OC)(COCCC(=O)OC)COCCC(=O)OC)(COCCC(=O)NC(COCCC(=O)OC)(COCCC(=O)OC)COCCC(=O)OC)NC(=O)CCCNC(=O)O. The molecule has 0 unspecified atom stereocenters. The standard InChI is InChI=1S/C66H111N5O36/c1-87-53(76)15-28-99-40-64(41-100-29-16-54(77)88-2,42-101-30-17-55(78)89-3)69-50(73)12-25-96-37-63(68-49(72)11-10-24-67-62(85)86,38-97-26-13-51(74)70-65(43-102-31-18-56(79)90-4,44-103-32-19-57(80)91-5)45-104-33-20-58(81)92-6)39-98-27-14-52(75)71-66(46-105-34-21-59(82)93-7,47-106-35-22-60(83)94-8)48-107-36-23-61(84)95-9/h67H,10-48H2,1-9H3,(H,68,72)(H,69,73)(H,70,74)(H,71,75)(H,85,86). The third kappa shape index (κ3) is 51.0. The van der Waals surface area contributed by atoms with Crippen molar-refractivity contribution in [3.05, 3.63) is 0 Å². The van der Waals surface area contributed by atoms with Gasteiger partial charge in [-0.25, -0.2) is 4.79 Å². The first-order chi connectivity index (χ1) is 51.2. The summed E-state index contributed by atoms with van der Waals surface area (Å²) in [5.74, 6) is -8.38. The Labute approximate surface area is 621 Å². The molecule has 0 saturated carbocycles. The van der Waals surface area contributed by atoms with Crippen LogP contribution in [0.4, 0.5) is 4.79 Å². The molecule has 0 aromatic heterocycles. The van der Waals surface area contributed by atoms with Crippen molar-refractivity contribution >= 4 is 83.4 Å². The van der Waals surface area contributed by atoms with Crippen molar-refractivity contribution in [3.63, 3.8) is 0 Å². The van der Waals surface area contributed by atoms with E-state index in [1.54, 1.807) is 0 Å². The minimum atomic E-state index is -1.82. The van der Waals surface area contributed by atoms with E-state index in [-0.39, 0.29) is 196 Å². The Kier molecular flexibility index (Phi) is 56.3. The number of hydrogen-bond acceptors (Lipinski definition) is 35. The van der Waals surface area contributed by atoms with Crippen LogP contribution in [0.1, 0.15) is 89.9 Å². The highest BCUT2D eigenvalue weighted by molar-refractivity contribution is 5.79. The summed E-state index contributed by atoms with van der Waals surface area (Å²) in [4.78, 5) is 176. The number of methoxy groups -OCH3 is 9. The predicted molar refractivity (Wildman–Crippen MR) is 362 cm³/mol. The van der Waals surface area contributed by atoms with E-state index in [1.165, 1.54) is 64.0 Å². The third-order valence-corrected chi connectivity index (χ3v) is 14.5. The normalized spacial score (nSPS) is 11.4. The lowest BCUT2D eigenvalue weighted by atomic mass is 10.0. The summed E-state index contributed by atoms with van der Waals surface area (Å²) in [6.45, 7) is -8.22. The average molecular weight is 1550 g/mol. The third-order valence-electron chi connectivity index (χ3n) is 14.5. The van der Waals surface area contributed by atoms with Crippen molar-refractivity contribution in [2.75, 3.05) is 229 Å². The number of esters is 9. The van der Waals surface area contributed by atoms with Crippen LogP contribution in [0, 0.1) is 0 Å². The minimum absolute atomic E-state index is 0.0375. The molecule has 0 fully saturated rings. The quantitative estimate of drug-likeness (QED) is 0.0216. The molecule has 0 atom stereocenters. The molecule has 0 radical (unpaired) electrons. The molecule has 41 heteroatoms. The van der Waals surface area contributed by atoms with Gasteiger partial charge in [-0.15, -0.1) is 0 Å². The molecule has 0 bridgehead atoms. The summed E-state index contributed by atoms with van der Waals surface area (Å²) in [6, 6.07) is 0. The van der Waals surface area contributed by atoms with Crippen molar-refractivity contribution in [2.24, 2.45) is 0 Å². The fourth-order valence-electron chi connectivity index (χ4n) is 8.83. The van der Waals surface area contributed by atoms with E-state index in [0.717, 1.165) is 0 Å². The second-order valence-electron chi connectivity index (χ2n) is 23.5. The van der Waals surface area contributed by atoms with Gasteiger partial charge in [0.15, 0.2) is 0 Å². The number of amides is 5. The number of carboxylic acid groups (broad SMARTS) is 1. The zero-order chi connectivity index (χ0) is 80.0. The number of rotatable bonds is 68. The summed E-state index contributed by atoms with van der Waals surface area (Å²) < 4.78 is 113. The van der Waals surface area contributed by atoms with Crippen molar-refractivity contribution in [1.82, 2.24) is 26.6 Å². The molecule has 616 valence electrons. The van der Waals surface area contributed by atoms with Crippen LogP contribution in [0.5, 0.6) is 0 Å². The van der Waals surface area contributed by atoms with Crippen molar-refractivity contribution < 1.29 is 172 Å². The van der Waals surface area contributed by atoms with Crippen molar-refractivity contribution in [3.8, 4) is 0 Å². The van der Waals surface area contributed by atoms with E-state index < -0.39 is 165 Å². The fraction of sp³-hybridized carbons (Fsp3) is 0.788. The molecule has 0 aromatic carbocycles. The van der Waals surface area contributed by atoms with E-state index >= 15 is 0 Å². The zero-order valence-corrected chi connectivity index (χ0v) is 62.8. The molecular weight excluding hydrogens is 1440 g/mol. The summed E-state index contributed by atoms with van der Waals surface area (Å²) in [5.41, 5.74) is -6.56. The highest BCUT2D eigenvalue weighted by atomic mass is 16.6. The van der Waals surface area contributed by atoms with Crippen LogP contribution in [0.2, 0.25) is 0 Å². The van der Waals surface area contributed by atoms with E-state index in [9.17, 15) is 72.2 Å². The Morgan fingerprint density at radius 1 is 0.224 bits per heavy atom. The van der Waals surface area contributed by atoms with Gasteiger partial charge < -0.3 is 131 Å². The maximum Gasteiger partial charge on any atom is 0.404 e. The van der Waals surface area contributed by atoms with Gasteiger partial charge in [-0.2, -0.15) is 0 Å². The second kappa shape index (κ2) is 60.9. The molecule has 0 aliphatic heterocycles. The number of nitrogens with one attached hydrogen (secondary N) is 5. The monoisotopic (exact) mass is 1550 g/mol. The van der Waals surface area contributed by atoms with Crippen molar-refractivity contribution in [1.29, 1.82) is 0 Å². The molecule has 0 aliphatic carbocycles. The lowest BCUT2D eigenvalue weighted by molar-refractivity contribution is -0.145. The first-order valence-corrected chi connectivity index (χ1v) is 34.0. The van der Waals surface area contributed by atoms with Gasteiger partial charge in [-0.1, -0.05) is 0 Å². The molecule has 0 rings (SSSR count). The van der Waals surface area contributed by atoms with Gasteiger partial charge in [0.05, 0.1) is 280 Å². The fourth-order valence-corrected chi connectivity index (χ4v) is 8.83. The van der Waals surface area contributed by atoms with Gasteiger partial charge >= 0.3 is 59.8 Å². The van der Waals surface area contributed by atoms with Crippen LogP contribution in [-0.2, 0) is 162 Å². The number of carbonyl (C=O) groups is 14. The molecule has 0 aromatic rings. The van der Waals surface area contributed by atoms with Gasteiger partial charge in [0.25, 0.3) is 0 Å². The van der Waals surface area contributed by atoms with Crippen LogP contribution in [0.3, 0.4) is 0 Å². The zero-order valence-electron chi connectivity index (χ0n) is 62.8. The first-order valence-electron chi connectivity index (χ1n) is 34.0. The first kappa shape index (κ1) is 98.9. The van der Waals surface area contributed by atoms with Crippen LogP contribution in [0.25, 0.3) is 0 Å². The Morgan fingerprint density at radius 3 is 0.505 bits per heavy atom. The molecule has 6 N–H and O–H groups in total. The summed E-state index contributed by atoms with van der Waals surface area (Å²) in [7, 11) is 10.6. The Morgan fingerprint density at radius 2 is 0.364 bits per heavy atom. The Bertz CT molecular complexity index is 2210. The molecule has 107 heavy (non-hydrogen) atoms. The highest BCUT2D eigenvalue weighted by Crippen LogP contribution is 2.18. The average Bonchev–Trinajstić information content (AvgIpc) is 0.881. The van der Waals surface area contributed by atoms with Crippen LogP contribution in [0.15, 0.2) is 0 Å². The molecule has 0 saturated heterocycles. The van der Waals surface area contributed by atoms with E-state index in [4.69, 9.17) is 99.5 Å². The van der Waals surface area contributed by atoms with Gasteiger partial charge in [0.1, 0.15) is 22.2 Å². The maximum atomic E-state index is 14.2. The molecule has 0 aliphatic rings. The lowest BCUT2D eigenvalue weighted by Crippen LogP contribution is -2.60. The van der Waals surface area contributed by atoms with E-state index in [1.807, 2.05) is 0 Å². The predicted octanol–water partition coefficient (Wildman–Crippen LogP) is -2.11. The summed E-state index contributed by atoms with van der Waals surface area (Å²) >= 11 is 0. The van der Waals surface area contributed by atoms with Crippen LogP contribution in [-0.4, -0.2) is 340 Å². The largest absolute Gasteiger partial charge is 0.469 e. The van der Waals surface area contributed by atoms with Gasteiger partial charge in [-0.3, -0.25) is 62.3 Å². The van der Waals surface area contributed by atoms with Gasteiger partial charge in [0.2, 0.25) is 23.6 Å². The highest BCUT2D eigenvalue weighted by Gasteiger charge is 2.39. The number of carbonyl (C=O) groups excluding carboxylic acids is 13. The minimum Gasteiger partial charge on any atom is -0.469 e. The number of ether oxygens (including phenoxy) is 21. The molecule has 0 heterocycles. The topological polar surface area (TPSA) is 513 Å². The summed E-state index contributed by atoms with van der Waals surface area (Å²) in [6.07, 6.45) is -4.85. The van der Waals surface area contributed by atoms with Crippen molar-refractivity contribution in [2.45, 2.75) is 112 Å².